The van der Waals surface area contributed by atoms with Crippen molar-refractivity contribution in [3.8, 4) is 0 Å². The van der Waals surface area contributed by atoms with Crippen LogP contribution < -0.4 is 16.0 Å². The molecule has 0 bridgehead atoms. The summed E-state index contributed by atoms with van der Waals surface area (Å²) in [5, 5.41) is 17.1. The maximum absolute atomic E-state index is 12.9. The number of carboxylic acids is 1. The zero-order valence-electron chi connectivity index (χ0n) is 22.3. The van der Waals surface area contributed by atoms with Gasteiger partial charge in [0.15, 0.2) is 0 Å². The van der Waals surface area contributed by atoms with Crippen molar-refractivity contribution in [2.75, 3.05) is 32.0 Å². The summed E-state index contributed by atoms with van der Waals surface area (Å²) in [4.78, 5) is 71.3. The molecule has 2 aromatic carbocycles. The Hall–Kier alpha value is -5.14. The van der Waals surface area contributed by atoms with Crippen molar-refractivity contribution in [3.05, 3.63) is 60.2 Å². The summed E-state index contributed by atoms with van der Waals surface area (Å²) in [6, 6.07) is 13.6. The summed E-state index contributed by atoms with van der Waals surface area (Å²) in [7, 11) is 1.49. The molecule has 1 saturated heterocycles. The largest absolute Gasteiger partial charge is 0.480 e. The van der Waals surface area contributed by atoms with Crippen molar-refractivity contribution in [2.45, 2.75) is 31.5 Å². The van der Waals surface area contributed by atoms with E-state index >= 15 is 0 Å². The molecule has 2 heterocycles. The lowest BCUT2D eigenvalue weighted by Crippen LogP contribution is -2.50. The maximum Gasteiger partial charge on any atom is 0.408 e. The summed E-state index contributed by atoms with van der Waals surface area (Å²) >= 11 is 0. The number of nitrogens with one attached hydrogen (secondary N) is 4. The molecular weight excluding hydrogens is 534 g/mol. The summed E-state index contributed by atoms with van der Waals surface area (Å²) in [6.07, 6.45) is -0.0559. The first-order valence-corrected chi connectivity index (χ1v) is 13.0. The van der Waals surface area contributed by atoms with Gasteiger partial charge in [0.25, 0.3) is 5.91 Å². The molecule has 0 aliphatic carbocycles. The van der Waals surface area contributed by atoms with E-state index < -0.39 is 55.1 Å². The Kier molecular flexibility index (Phi) is 9.35. The SMILES string of the molecule is CN1C(=O)N(CC(=O)NC[C@H](NC(=O)OCc2ccccc2)C(=O)O)C(=O)[C@H]1CCCNc1nc2ccccc2[nH]1. The fourth-order valence-corrected chi connectivity index (χ4v) is 4.29. The molecule has 1 aliphatic heterocycles. The number of fused-ring (bicyclic) bond motifs is 1. The van der Waals surface area contributed by atoms with Crippen LogP contribution in [-0.4, -0.2) is 93.5 Å². The van der Waals surface area contributed by atoms with Crippen LogP contribution in [0.5, 0.6) is 0 Å². The van der Waals surface area contributed by atoms with Gasteiger partial charge in [-0.2, -0.15) is 0 Å². The van der Waals surface area contributed by atoms with Crippen LogP contribution in [0.3, 0.4) is 0 Å². The summed E-state index contributed by atoms with van der Waals surface area (Å²) in [5.74, 6) is -2.07. The average molecular weight is 566 g/mol. The molecule has 1 fully saturated rings. The highest BCUT2D eigenvalue weighted by molar-refractivity contribution is 6.06. The van der Waals surface area contributed by atoms with Gasteiger partial charge in [0.2, 0.25) is 11.9 Å². The van der Waals surface area contributed by atoms with Crippen LogP contribution in [-0.2, 0) is 25.7 Å². The van der Waals surface area contributed by atoms with Crippen molar-refractivity contribution in [3.63, 3.8) is 0 Å². The van der Waals surface area contributed by atoms with Gasteiger partial charge < -0.3 is 35.7 Å². The number of amides is 5. The first kappa shape index (κ1) is 28.9. The number of rotatable bonds is 13. The predicted molar refractivity (Wildman–Crippen MR) is 147 cm³/mol. The number of benzene rings is 2. The first-order valence-electron chi connectivity index (χ1n) is 13.0. The number of aromatic nitrogens is 2. The third-order valence-corrected chi connectivity index (χ3v) is 6.50. The van der Waals surface area contributed by atoms with Gasteiger partial charge in [0, 0.05) is 20.1 Å². The monoisotopic (exact) mass is 565 g/mol. The van der Waals surface area contributed by atoms with Crippen LogP contribution in [0.1, 0.15) is 18.4 Å². The molecule has 4 rings (SSSR count). The fraction of sp³-hybridized carbons (Fsp3) is 0.333. The number of H-pyrrole nitrogens is 1. The molecule has 1 aliphatic rings. The van der Waals surface area contributed by atoms with Crippen LogP contribution in [0.15, 0.2) is 54.6 Å². The molecule has 0 radical (unpaired) electrons. The van der Waals surface area contributed by atoms with E-state index in [1.807, 2.05) is 24.3 Å². The van der Waals surface area contributed by atoms with Gasteiger partial charge >= 0.3 is 18.1 Å². The Morgan fingerprint density at radius 2 is 1.83 bits per heavy atom. The van der Waals surface area contributed by atoms with E-state index in [1.54, 1.807) is 30.3 Å². The lowest BCUT2D eigenvalue weighted by Gasteiger charge is -2.17. The highest BCUT2D eigenvalue weighted by Crippen LogP contribution is 2.20. The van der Waals surface area contributed by atoms with E-state index in [0.717, 1.165) is 15.9 Å². The average Bonchev–Trinajstić information content (AvgIpc) is 3.47. The van der Waals surface area contributed by atoms with Gasteiger partial charge in [-0.1, -0.05) is 42.5 Å². The molecule has 216 valence electrons. The number of aromatic amines is 1. The van der Waals surface area contributed by atoms with Crippen molar-refractivity contribution < 1.29 is 33.8 Å². The van der Waals surface area contributed by atoms with Crippen LogP contribution >= 0.6 is 0 Å². The number of aliphatic carboxylic acids is 1. The Labute approximate surface area is 235 Å². The minimum atomic E-state index is -1.48. The number of hydrogen-bond acceptors (Lipinski definition) is 8. The van der Waals surface area contributed by atoms with E-state index in [2.05, 4.69) is 25.9 Å². The van der Waals surface area contributed by atoms with E-state index in [1.165, 1.54) is 11.9 Å². The van der Waals surface area contributed by atoms with Crippen LogP contribution in [0.2, 0.25) is 0 Å². The number of carbonyl (C=O) groups excluding carboxylic acids is 4. The molecule has 5 N–H and O–H groups in total. The van der Waals surface area contributed by atoms with Crippen LogP contribution in [0.25, 0.3) is 11.0 Å². The molecule has 3 aromatic rings. The molecule has 41 heavy (non-hydrogen) atoms. The third-order valence-electron chi connectivity index (χ3n) is 6.50. The van der Waals surface area contributed by atoms with Gasteiger partial charge in [-0.15, -0.1) is 0 Å². The van der Waals surface area contributed by atoms with E-state index in [-0.39, 0.29) is 6.61 Å². The number of anilines is 1. The van der Waals surface area contributed by atoms with Gasteiger partial charge in [0.1, 0.15) is 25.2 Å². The maximum atomic E-state index is 12.9. The van der Waals surface area contributed by atoms with Crippen molar-refractivity contribution in [2.24, 2.45) is 0 Å². The van der Waals surface area contributed by atoms with Crippen LogP contribution in [0.4, 0.5) is 15.5 Å². The highest BCUT2D eigenvalue weighted by atomic mass is 16.5. The molecule has 14 nitrogen and oxygen atoms in total. The Morgan fingerprint density at radius 1 is 1.10 bits per heavy atom. The van der Waals surface area contributed by atoms with Crippen LogP contribution in [0, 0.1) is 0 Å². The molecule has 1 aromatic heterocycles. The first-order chi connectivity index (χ1) is 19.7. The second-order valence-corrected chi connectivity index (χ2v) is 9.41. The number of nitrogens with zero attached hydrogens (tertiary/aromatic N) is 3. The van der Waals surface area contributed by atoms with Crippen molar-refractivity contribution in [1.29, 1.82) is 0 Å². The highest BCUT2D eigenvalue weighted by Gasteiger charge is 2.43. The molecule has 0 unspecified atom stereocenters. The lowest BCUT2D eigenvalue weighted by molar-refractivity contribution is -0.139. The van der Waals surface area contributed by atoms with E-state index in [0.29, 0.717) is 30.9 Å². The number of carboxylic acid groups (broad SMARTS) is 1. The zero-order chi connectivity index (χ0) is 29.4. The number of hydrogen-bond donors (Lipinski definition) is 5. The predicted octanol–water partition coefficient (Wildman–Crippen LogP) is 1.51. The van der Waals surface area contributed by atoms with E-state index in [4.69, 9.17) is 4.74 Å². The number of likely N-dealkylation sites (N-methyl/N-ethyl adjacent to an activating group) is 1. The normalized spacial score (nSPS) is 15.6. The molecule has 5 amide bonds. The van der Waals surface area contributed by atoms with Crippen molar-refractivity contribution in [1.82, 2.24) is 30.4 Å². The van der Waals surface area contributed by atoms with Gasteiger partial charge in [-0.25, -0.2) is 19.4 Å². The number of para-hydroxylation sites is 2. The number of urea groups is 1. The van der Waals surface area contributed by atoms with E-state index in [9.17, 15) is 29.1 Å². The molecule has 0 spiro atoms. The number of ether oxygens (including phenoxy) is 1. The zero-order valence-corrected chi connectivity index (χ0v) is 22.3. The molecule has 14 heteroatoms. The Balaban J connectivity index is 1.20. The quantitative estimate of drug-likeness (QED) is 0.151. The fourth-order valence-electron chi connectivity index (χ4n) is 4.29. The smallest absolute Gasteiger partial charge is 0.408 e. The molecule has 2 atom stereocenters. The standard InChI is InChI=1S/C27H31N7O7/c1-33-21(12-7-13-28-25-30-18-10-5-6-11-19(18)31-25)23(36)34(27(33)40)15-22(35)29-14-20(24(37)38)32-26(39)41-16-17-8-3-2-4-9-17/h2-6,8-11,20-21H,7,12-16H2,1H3,(H,29,35)(H,32,39)(H,37,38)(H2,28,30,31)/t20-,21+/m0/s1. The second-order valence-electron chi connectivity index (χ2n) is 9.41. The summed E-state index contributed by atoms with van der Waals surface area (Å²) < 4.78 is 5.02. The summed E-state index contributed by atoms with van der Waals surface area (Å²) in [6.45, 7) is -0.614. The lowest BCUT2D eigenvalue weighted by atomic mass is 10.1. The number of carbonyl (C=O) groups is 5. The molecular formula is C27H31N7O7. The van der Waals surface area contributed by atoms with Gasteiger partial charge in [0.05, 0.1) is 11.0 Å². The van der Waals surface area contributed by atoms with Gasteiger partial charge in [-0.05, 0) is 30.5 Å². The number of imide groups is 1. The Morgan fingerprint density at radius 3 is 2.56 bits per heavy atom. The topological polar surface area (TPSA) is 186 Å². The second kappa shape index (κ2) is 13.3. The number of imidazole rings is 1. The minimum absolute atomic E-state index is 0.0603. The Bertz CT molecular complexity index is 1380. The van der Waals surface area contributed by atoms with Crippen molar-refractivity contribution >= 4 is 46.9 Å². The number of alkyl carbamates (subject to hydrolysis) is 1. The van der Waals surface area contributed by atoms with Gasteiger partial charge in [-0.3, -0.25) is 14.5 Å². The third kappa shape index (κ3) is 7.50. The minimum Gasteiger partial charge on any atom is -0.480 e. The molecule has 0 saturated carbocycles. The summed E-state index contributed by atoms with van der Waals surface area (Å²) in [5.41, 5.74) is 2.44.